The molecule has 0 fully saturated rings. The van der Waals surface area contributed by atoms with E-state index in [2.05, 4.69) is 42.1 Å². The minimum atomic E-state index is -0.130. The van der Waals surface area contributed by atoms with E-state index in [4.69, 9.17) is 0 Å². The van der Waals surface area contributed by atoms with Gasteiger partial charge in [-0.15, -0.1) is 0 Å². The molecule has 0 aliphatic rings. The quantitative estimate of drug-likeness (QED) is 0.552. The lowest BCUT2D eigenvalue weighted by Crippen LogP contribution is -2.22. The van der Waals surface area contributed by atoms with E-state index in [0.717, 1.165) is 34.5 Å². The summed E-state index contributed by atoms with van der Waals surface area (Å²) in [7, 11) is 1.74. The first kappa shape index (κ1) is 19.6. The van der Waals surface area contributed by atoms with Crippen LogP contribution in [0.3, 0.4) is 0 Å². The molecule has 0 aliphatic carbocycles. The van der Waals surface area contributed by atoms with Crippen molar-refractivity contribution in [1.82, 2.24) is 14.1 Å². The molecule has 0 unspecified atom stereocenters. The largest absolute Gasteiger partial charge is 0.355 e. The fourth-order valence-electron chi connectivity index (χ4n) is 3.68. The number of hydrogen-bond acceptors (Lipinski definition) is 4. The average Bonchev–Trinajstić information content (AvgIpc) is 3.20. The molecule has 4 rings (SSSR count). The first-order valence-corrected chi connectivity index (χ1v) is 10.0. The van der Waals surface area contributed by atoms with Crippen molar-refractivity contribution in [2.45, 2.75) is 27.3 Å². The Bertz CT molecular complexity index is 1310. The number of nitrogens with zero attached hydrogens (tertiary/aromatic N) is 4. The van der Waals surface area contributed by atoms with Gasteiger partial charge in [0.1, 0.15) is 5.49 Å². The number of fused-ring (bicyclic) bond motifs is 1. The summed E-state index contributed by atoms with van der Waals surface area (Å²) in [5.74, 6) is -0.130. The highest BCUT2D eigenvalue weighted by molar-refractivity contribution is 6.05. The van der Waals surface area contributed by atoms with Crippen LogP contribution < -0.4 is 10.8 Å². The highest BCUT2D eigenvalue weighted by Crippen LogP contribution is 2.26. The maximum atomic E-state index is 13.5. The van der Waals surface area contributed by atoms with Crippen LogP contribution in [0.15, 0.2) is 65.9 Å². The van der Waals surface area contributed by atoms with Crippen molar-refractivity contribution >= 4 is 28.4 Å². The molecule has 1 N–H and O–H groups in total. The van der Waals surface area contributed by atoms with Crippen molar-refractivity contribution in [3.63, 3.8) is 0 Å². The van der Waals surface area contributed by atoms with Crippen molar-refractivity contribution in [1.29, 1.82) is 0 Å². The predicted molar refractivity (Wildman–Crippen MR) is 120 cm³/mol. The van der Waals surface area contributed by atoms with E-state index < -0.39 is 0 Å². The smallest absolute Gasteiger partial charge is 0.265 e. The molecular weight excluding hydrogens is 374 g/mol. The third-order valence-electron chi connectivity index (χ3n) is 5.50. The van der Waals surface area contributed by atoms with E-state index in [1.54, 1.807) is 24.0 Å². The number of para-hydroxylation sites is 1. The van der Waals surface area contributed by atoms with Gasteiger partial charge >= 0.3 is 0 Å². The maximum absolute atomic E-state index is 13.5. The first-order valence-electron chi connectivity index (χ1n) is 10.0. The molecule has 6 nitrogen and oxygen atoms in total. The monoisotopic (exact) mass is 399 g/mol. The van der Waals surface area contributed by atoms with Crippen LogP contribution in [-0.2, 0) is 6.54 Å². The average molecular weight is 399 g/mol. The number of aryl methyl sites for hydroxylation is 2. The van der Waals surface area contributed by atoms with E-state index in [-0.39, 0.29) is 5.91 Å². The maximum Gasteiger partial charge on any atom is 0.265 e. The fraction of sp³-hybridized carbons (Fsp3) is 0.208. The number of aromatic nitrogens is 3. The number of hydrogen-bond donors (Lipinski definition) is 1. The number of anilines is 2. The van der Waals surface area contributed by atoms with E-state index >= 15 is 0 Å². The molecule has 4 aromatic rings. The summed E-state index contributed by atoms with van der Waals surface area (Å²) >= 11 is 0. The molecule has 6 heteroatoms. The molecule has 0 spiro atoms. The van der Waals surface area contributed by atoms with Crippen molar-refractivity contribution in [2.75, 3.05) is 12.4 Å². The molecular formula is C24H25N5O. The lowest BCUT2D eigenvalue weighted by Gasteiger charge is -2.15. The second kappa shape index (κ2) is 7.99. The van der Waals surface area contributed by atoms with Gasteiger partial charge in [-0.25, -0.2) is 4.98 Å². The van der Waals surface area contributed by atoms with Gasteiger partial charge in [0, 0.05) is 25.5 Å². The van der Waals surface area contributed by atoms with E-state index in [0.29, 0.717) is 11.2 Å². The summed E-state index contributed by atoms with van der Waals surface area (Å²) in [6, 6.07) is 15.6. The first-order chi connectivity index (χ1) is 14.5. The number of carbonyl (C=O) groups is 1. The van der Waals surface area contributed by atoms with Gasteiger partial charge in [-0.3, -0.25) is 14.4 Å². The Morgan fingerprint density at radius 3 is 2.60 bits per heavy atom. The molecule has 0 radical (unpaired) electrons. The summed E-state index contributed by atoms with van der Waals surface area (Å²) in [6.07, 6.45) is 3.48. The van der Waals surface area contributed by atoms with Crippen LogP contribution in [0, 0.1) is 13.8 Å². The molecule has 0 aliphatic heterocycles. The predicted octanol–water partition coefficient (Wildman–Crippen LogP) is 4.44. The van der Waals surface area contributed by atoms with Crippen LogP contribution in [0.1, 0.15) is 28.4 Å². The van der Waals surface area contributed by atoms with Crippen LogP contribution in [0.25, 0.3) is 11.2 Å². The summed E-state index contributed by atoms with van der Waals surface area (Å²) < 4.78 is 3.65. The lowest BCUT2D eigenvalue weighted by atomic mass is 10.1. The summed E-state index contributed by atoms with van der Waals surface area (Å²) in [5, 5.41) is 3.44. The summed E-state index contributed by atoms with van der Waals surface area (Å²) in [4.78, 5) is 22.3. The Balaban J connectivity index is 1.79. The van der Waals surface area contributed by atoms with Crippen molar-refractivity contribution < 1.29 is 4.79 Å². The standard InChI is InChI=1S/C24H25N5O/c1-5-28-21-13-14-29(23(21)26-15-22(28)25-4)24(30)18-10-6-7-11-20(18)27-19-12-8-9-16(2)17(19)3/h6-15,27H,5H2,1-4H3. The Morgan fingerprint density at radius 1 is 1.07 bits per heavy atom. The molecule has 2 aromatic carbocycles. The zero-order chi connectivity index (χ0) is 21.3. The van der Waals surface area contributed by atoms with E-state index in [9.17, 15) is 4.79 Å². The van der Waals surface area contributed by atoms with Crippen LogP contribution >= 0.6 is 0 Å². The number of rotatable bonds is 4. The molecule has 0 amide bonds. The minimum Gasteiger partial charge on any atom is -0.355 e. The van der Waals surface area contributed by atoms with Gasteiger partial charge in [0.15, 0.2) is 5.65 Å². The van der Waals surface area contributed by atoms with Crippen molar-refractivity contribution in [3.05, 3.63) is 83.1 Å². The van der Waals surface area contributed by atoms with Gasteiger partial charge in [0.25, 0.3) is 5.91 Å². The van der Waals surface area contributed by atoms with Gasteiger partial charge in [-0.2, -0.15) is 0 Å². The van der Waals surface area contributed by atoms with Crippen molar-refractivity contribution in [2.24, 2.45) is 4.99 Å². The van der Waals surface area contributed by atoms with Gasteiger partial charge in [-0.1, -0.05) is 24.3 Å². The van der Waals surface area contributed by atoms with Gasteiger partial charge < -0.3 is 9.88 Å². The molecule has 0 atom stereocenters. The minimum absolute atomic E-state index is 0.130. The van der Waals surface area contributed by atoms with Crippen molar-refractivity contribution in [3.8, 4) is 0 Å². The molecule has 152 valence electrons. The third-order valence-corrected chi connectivity index (χ3v) is 5.50. The van der Waals surface area contributed by atoms with Gasteiger partial charge in [0.05, 0.1) is 23.0 Å². The van der Waals surface area contributed by atoms with Gasteiger partial charge in [-0.05, 0) is 56.2 Å². The second-order valence-electron chi connectivity index (χ2n) is 7.20. The number of benzene rings is 2. The van der Waals surface area contributed by atoms with Crippen LogP contribution in [-0.4, -0.2) is 27.1 Å². The van der Waals surface area contributed by atoms with E-state index in [1.165, 1.54) is 5.56 Å². The molecule has 2 aromatic heterocycles. The molecule has 0 bridgehead atoms. The van der Waals surface area contributed by atoms with Crippen LogP contribution in [0.2, 0.25) is 0 Å². The highest BCUT2D eigenvalue weighted by atomic mass is 16.2. The highest BCUT2D eigenvalue weighted by Gasteiger charge is 2.18. The normalized spacial score (nSPS) is 11.8. The molecule has 30 heavy (non-hydrogen) atoms. The zero-order valence-corrected chi connectivity index (χ0v) is 17.7. The zero-order valence-electron chi connectivity index (χ0n) is 17.7. The number of carbonyl (C=O) groups excluding carboxylic acids is 1. The topological polar surface area (TPSA) is 64.2 Å². The molecule has 0 saturated carbocycles. The Kier molecular flexibility index (Phi) is 5.23. The summed E-state index contributed by atoms with van der Waals surface area (Å²) in [6.45, 7) is 6.95. The molecule has 2 heterocycles. The molecule has 0 saturated heterocycles. The Hall–Kier alpha value is -3.67. The Morgan fingerprint density at radius 2 is 1.83 bits per heavy atom. The SMILES string of the molecule is CCn1c(=NC)cnc2c1ccn2C(=O)c1ccccc1Nc1cccc(C)c1C. The fourth-order valence-corrected chi connectivity index (χ4v) is 3.68. The lowest BCUT2D eigenvalue weighted by molar-refractivity contribution is 0.0965. The van der Waals surface area contributed by atoms with Crippen LogP contribution in [0.4, 0.5) is 11.4 Å². The third kappa shape index (κ3) is 3.30. The van der Waals surface area contributed by atoms with E-state index in [1.807, 2.05) is 47.0 Å². The van der Waals surface area contributed by atoms with Crippen LogP contribution in [0.5, 0.6) is 0 Å². The summed E-state index contributed by atoms with van der Waals surface area (Å²) in [5.41, 5.74) is 6.99. The number of nitrogens with one attached hydrogen (secondary N) is 1. The van der Waals surface area contributed by atoms with Gasteiger partial charge in [0.2, 0.25) is 0 Å². The second-order valence-corrected chi connectivity index (χ2v) is 7.20. The Labute approximate surface area is 175 Å².